The summed E-state index contributed by atoms with van der Waals surface area (Å²) in [7, 11) is 0. The molecule has 28 heavy (non-hydrogen) atoms. The number of aromatic nitrogens is 1. The molecular formula is C22H20FN3O2. The third-order valence-electron chi connectivity index (χ3n) is 6.04. The highest BCUT2D eigenvalue weighted by molar-refractivity contribution is 6.03. The third-order valence-corrected chi connectivity index (χ3v) is 6.04. The van der Waals surface area contributed by atoms with Crippen LogP contribution in [0.4, 0.5) is 4.39 Å². The number of aromatic hydroxyl groups is 1. The number of nitrogens with one attached hydrogen (secondary N) is 1. The lowest BCUT2D eigenvalue weighted by Gasteiger charge is -2.29. The Balaban J connectivity index is 1.57. The van der Waals surface area contributed by atoms with Crippen LogP contribution in [-0.2, 0) is 0 Å². The van der Waals surface area contributed by atoms with Gasteiger partial charge >= 0.3 is 0 Å². The van der Waals surface area contributed by atoms with Gasteiger partial charge < -0.3 is 15.3 Å². The van der Waals surface area contributed by atoms with Crippen molar-refractivity contribution in [1.29, 1.82) is 0 Å². The summed E-state index contributed by atoms with van der Waals surface area (Å²) in [6.07, 6.45) is 3.25. The fourth-order valence-corrected chi connectivity index (χ4v) is 4.73. The summed E-state index contributed by atoms with van der Waals surface area (Å²) in [4.78, 5) is 19.3. The van der Waals surface area contributed by atoms with E-state index in [2.05, 4.69) is 10.3 Å². The van der Waals surface area contributed by atoms with Crippen LogP contribution in [0.3, 0.4) is 0 Å². The SMILES string of the molecule is O=C(c1ccc2cnccc2c1O)N1C[C@@H]2CNC[C@@H]2[C@@H]1c1cccc(F)c1. The number of pyridine rings is 1. The van der Waals surface area contributed by atoms with Crippen molar-refractivity contribution in [1.82, 2.24) is 15.2 Å². The van der Waals surface area contributed by atoms with Crippen molar-refractivity contribution in [2.75, 3.05) is 19.6 Å². The lowest BCUT2D eigenvalue weighted by molar-refractivity contribution is 0.0711. The zero-order chi connectivity index (χ0) is 19.3. The smallest absolute Gasteiger partial charge is 0.258 e. The Labute approximate surface area is 161 Å². The van der Waals surface area contributed by atoms with E-state index in [9.17, 15) is 14.3 Å². The van der Waals surface area contributed by atoms with Gasteiger partial charge in [0.05, 0.1) is 11.6 Å². The summed E-state index contributed by atoms with van der Waals surface area (Å²) in [6.45, 7) is 2.23. The number of hydrogen-bond acceptors (Lipinski definition) is 4. The molecule has 0 bridgehead atoms. The van der Waals surface area contributed by atoms with Gasteiger partial charge in [0.2, 0.25) is 0 Å². The van der Waals surface area contributed by atoms with Crippen molar-refractivity contribution in [2.45, 2.75) is 6.04 Å². The summed E-state index contributed by atoms with van der Waals surface area (Å²) in [6, 6.07) is 11.4. The Hall–Kier alpha value is -2.99. The molecule has 2 aromatic carbocycles. The molecule has 3 heterocycles. The summed E-state index contributed by atoms with van der Waals surface area (Å²) in [5, 5.41) is 15.5. The van der Waals surface area contributed by atoms with Crippen LogP contribution in [0.25, 0.3) is 10.8 Å². The van der Waals surface area contributed by atoms with Gasteiger partial charge in [-0.2, -0.15) is 0 Å². The zero-order valence-corrected chi connectivity index (χ0v) is 15.2. The maximum atomic E-state index is 13.9. The highest BCUT2D eigenvalue weighted by atomic mass is 19.1. The normalized spacial score (nSPS) is 23.9. The molecule has 2 N–H and O–H groups in total. The maximum Gasteiger partial charge on any atom is 0.258 e. The number of rotatable bonds is 2. The highest BCUT2D eigenvalue weighted by Gasteiger charge is 2.47. The van der Waals surface area contributed by atoms with E-state index in [4.69, 9.17) is 0 Å². The van der Waals surface area contributed by atoms with E-state index in [1.54, 1.807) is 41.6 Å². The minimum Gasteiger partial charge on any atom is -0.506 e. The van der Waals surface area contributed by atoms with Crippen molar-refractivity contribution in [3.05, 3.63) is 71.8 Å². The molecule has 1 aromatic heterocycles. The number of phenols is 1. The molecule has 0 radical (unpaired) electrons. The minimum atomic E-state index is -0.305. The number of nitrogens with zero attached hydrogens (tertiary/aromatic N) is 2. The number of halogens is 1. The van der Waals surface area contributed by atoms with E-state index in [0.29, 0.717) is 17.8 Å². The first-order valence-electron chi connectivity index (χ1n) is 9.46. The first-order valence-corrected chi connectivity index (χ1v) is 9.46. The summed E-state index contributed by atoms with van der Waals surface area (Å²) < 4.78 is 13.9. The van der Waals surface area contributed by atoms with E-state index < -0.39 is 0 Å². The number of amides is 1. The van der Waals surface area contributed by atoms with E-state index in [0.717, 1.165) is 24.0 Å². The number of likely N-dealkylation sites (tertiary alicyclic amines) is 1. The van der Waals surface area contributed by atoms with Crippen LogP contribution in [-0.4, -0.2) is 40.5 Å². The molecule has 2 fully saturated rings. The summed E-state index contributed by atoms with van der Waals surface area (Å²) in [5.41, 5.74) is 1.07. The molecule has 0 aliphatic carbocycles. The first kappa shape index (κ1) is 17.1. The van der Waals surface area contributed by atoms with E-state index in [1.807, 2.05) is 6.07 Å². The van der Waals surface area contributed by atoms with E-state index in [1.165, 1.54) is 12.1 Å². The molecule has 142 valence electrons. The highest BCUT2D eigenvalue weighted by Crippen LogP contribution is 2.44. The predicted octanol–water partition coefficient (Wildman–Crippen LogP) is 3.11. The molecule has 0 spiro atoms. The van der Waals surface area contributed by atoms with Crippen molar-refractivity contribution in [3.8, 4) is 5.75 Å². The summed E-state index contributed by atoms with van der Waals surface area (Å²) in [5.74, 6) is -0.000117. The fraction of sp³-hybridized carbons (Fsp3) is 0.273. The van der Waals surface area contributed by atoms with Crippen molar-refractivity contribution in [3.63, 3.8) is 0 Å². The minimum absolute atomic E-state index is 0.0296. The molecule has 0 saturated carbocycles. The zero-order valence-electron chi connectivity index (χ0n) is 15.2. The molecule has 3 atom stereocenters. The molecule has 6 heteroatoms. The monoisotopic (exact) mass is 377 g/mol. The molecule has 3 aromatic rings. The van der Waals surface area contributed by atoms with Crippen LogP contribution in [0.1, 0.15) is 22.0 Å². The molecule has 5 nitrogen and oxygen atoms in total. The van der Waals surface area contributed by atoms with Crippen molar-refractivity contribution in [2.24, 2.45) is 11.8 Å². The Bertz CT molecular complexity index is 1070. The number of carbonyl (C=O) groups excluding carboxylic acids is 1. The van der Waals surface area contributed by atoms with Crippen LogP contribution in [0.5, 0.6) is 5.75 Å². The lowest BCUT2D eigenvalue weighted by Crippen LogP contribution is -2.34. The van der Waals surface area contributed by atoms with Crippen LogP contribution in [0.15, 0.2) is 54.9 Å². The van der Waals surface area contributed by atoms with Crippen molar-refractivity contribution >= 4 is 16.7 Å². The fourth-order valence-electron chi connectivity index (χ4n) is 4.73. The quantitative estimate of drug-likeness (QED) is 0.720. The second-order valence-corrected chi connectivity index (χ2v) is 7.60. The van der Waals surface area contributed by atoms with Gasteiger partial charge in [-0.3, -0.25) is 9.78 Å². The van der Waals surface area contributed by atoms with Gasteiger partial charge in [0.1, 0.15) is 11.6 Å². The Morgan fingerprint density at radius 3 is 2.96 bits per heavy atom. The third kappa shape index (κ3) is 2.64. The van der Waals surface area contributed by atoms with Gasteiger partial charge in [0.15, 0.2) is 0 Å². The number of fused-ring (bicyclic) bond motifs is 2. The second kappa shape index (κ2) is 6.56. The average Bonchev–Trinajstić information content (AvgIpc) is 3.29. The molecule has 2 aliphatic rings. The molecule has 1 amide bonds. The lowest BCUT2D eigenvalue weighted by atomic mass is 9.89. The standard InChI is InChI=1S/C22H20FN3O2/c23-16-3-1-2-13(8-16)20-19-11-25-10-15(19)12-26(20)22(28)18-5-4-14-9-24-7-6-17(14)21(18)27/h1-9,15,19-20,25,27H,10-12H2/t15-,19-,20-/m0/s1. The van der Waals surface area contributed by atoms with E-state index in [-0.39, 0.29) is 35.0 Å². The van der Waals surface area contributed by atoms with Gasteiger partial charge in [-0.05, 0) is 35.7 Å². The number of phenolic OH excluding ortho intramolecular Hbond substituents is 1. The molecule has 5 rings (SSSR count). The van der Waals surface area contributed by atoms with Gasteiger partial charge in [-0.15, -0.1) is 0 Å². The Morgan fingerprint density at radius 1 is 1.21 bits per heavy atom. The van der Waals surface area contributed by atoms with Gasteiger partial charge in [0, 0.05) is 48.7 Å². The van der Waals surface area contributed by atoms with Crippen molar-refractivity contribution < 1.29 is 14.3 Å². The number of carbonyl (C=O) groups is 1. The van der Waals surface area contributed by atoms with E-state index >= 15 is 0 Å². The average molecular weight is 377 g/mol. The Morgan fingerprint density at radius 2 is 2.11 bits per heavy atom. The predicted molar refractivity (Wildman–Crippen MR) is 103 cm³/mol. The van der Waals surface area contributed by atoms with Crippen LogP contribution >= 0.6 is 0 Å². The topological polar surface area (TPSA) is 65.5 Å². The molecule has 2 aliphatic heterocycles. The maximum absolute atomic E-state index is 13.9. The number of hydrogen-bond donors (Lipinski definition) is 2. The van der Waals surface area contributed by atoms with Crippen LogP contribution < -0.4 is 5.32 Å². The molecule has 0 unspecified atom stereocenters. The van der Waals surface area contributed by atoms with Crippen LogP contribution in [0.2, 0.25) is 0 Å². The van der Waals surface area contributed by atoms with Crippen LogP contribution in [0, 0.1) is 17.7 Å². The molecule has 2 saturated heterocycles. The van der Waals surface area contributed by atoms with Gasteiger partial charge in [0.25, 0.3) is 5.91 Å². The first-order chi connectivity index (χ1) is 13.6. The van der Waals surface area contributed by atoms with Gasteiger partial charge in [-0.25, -0.2) is 4.39 Å². The second-order valence-electron chi connectivity index (χ2n) is 7.60. The largest absolute Gasteiger partial charge is 0.506 e. The number of benzene rings is 2. The summed E-state index contributed by atoms with van der Waals surface area (Å²) >= 11 is 0. The Kier molecular flexibility index (Phi) is 4.02. The molecular weight excluding hydrogens is 357 g/mol. The van der Waals surface area contributed by atoms with Gasteiger partial charge in [-0.1, -0.05) is 18.2 Å².